The molecule has 0 saturated carbocycles. The molecule has 1 N–H and O–H groups in total. The van der Waals surface area contributed by atoms with E-state index >= 15 is 0 Å². The molecule has 0 spiro atoms. The summed E-state index contributed by atoms with van der Waals surface area (Å²) in [5.74, 6) is 0. The number of hydrogen-bond donors (Lipinski definition) is 1. The summed E-state index contributed by atoms with van der Waals surface area (Å²) in [5, 5.41) is 3.43. The van der Waals surface area contributed by atoms with Crippen LogP contribution >= 0.6 is 0 Å². The van der Waals surface area contributed by atoms with Gasteiger partial charge in [-0.1, -0.05) is 11.6 Å². The molecule has 1 aliphatic rings. The average Bonchev–Trinajstić information content (AvgIpc) is 1.97. The molecule has 9 heavy (non-hydrogen) atoms. The van der Waals surface area contributed by atoms with E-state index in [2.05, 4.69) is 25.2 Å². The van der Waals surface area contributed by atoms with Gasteiger partial charge in [-0.05, 0) is 26.7 Å². The SMILES string of the molecule is CC1=CCCC(C)NC1. The molecule has 0 amide bonds. The van der Waals surface area contributed by atoms with Gasteiger partial charge in [-0.2, -0.15) is 0 Å². The summed E-state index contributed by atoms with van der Waals surface area (Å²) in [6.07, 6.45) is 4.87. The highest BCUT2D eigenvalue weighted by atomic mass is 14.9. The molecule has 1 unspecified atom stereocenters. The molecular weight excluding hydrogens is 110 g/mol. The summed E-state index contributed by atoms with van der Waals surface area (Å²) in [6, 6.07) is 0.707. The highest BCUT2D eigenvalue weighted by Gasteiger charge is 2.03. The maximum absolute atomic E-state index is 3.43. The quantitative estimate of drug-likeness (QED) is 0.486. The molecule has 52 valence electrons. The van der Waals surface area contributed by atoms with E-state index in [1.165, 1.54) is 18.4 Å². The van der Waals surface area contributed by atoms with Crippen LogP contribution in [0.1, 0.15) is 26.7 Å². The Labute approximate surface area is 57.1 Å². The highest BCUT2D eigenvalue weighted by molar-refractivity contribution is 5.02. The van der Waals surface area contributed by atoms with Crippen molar-refractivity contribution in [1.29, 1.82) is 0 Å². The zero-order valence-corrected chi connectivity index (χ0v) is 6.28. The Bertz CT molecular complexity index is 116. The fraction of sp³-hybridized carbons (Fsp3) is 0.750. The third kappa shape index (κ3) is 2.19. The summed E-state index contributed by atoms with van der Waals surface area (Å²) < 4.78 is 0. The van der Waals surface area contributed by atoms with Gasteiger partial charge in [-0.3, -0.25) is 0 Å². The van der Waals surface area contributed by atoms with Gasteiger partial charge in [0.2, 0.25) is 0 Å². The Morgan fingerprint density at radius 3 is 3.22 bits per heavy atom. The van der Waals surface area contributed by atoms with Crippen LogP contribution in [0, 0.1) is 0 Å². The van der Waals surface area contributed by atoms with Gasteiger partial charge in [0.1, 0.15) is 0 Å². The van der Waals surface area contributed by atoms with Crippen molar-refractivity contribution < 1.29 is 0 Å². The number of hydrogen-bond acceptors (Lipinski definition) is 1. The van der Waals surface area contributed by atoms with Crippen LogP contribution in [0.3, 0.4) is 0 Å². The predicted molar refractivity (Wildman–Crippen MR) is 40.5 cm³/mol. The standard InChI is InChI=1S/C8H15N/c1-7-4-3-5-8(2)9-6-7/h4,8-9H,3,5-6H2,1-2H3. The summed E-state index contributed by atoms with van der Waals surface area (Å²) in [6.45, 7) is 5.51. The van der Waals surface area contributed by atoms with Gasteiger partial charge >= 0.3 is 0 Å². The molecule has 1 aliphatic heterocycles. The van der Waals surface area contributed by atoms with Gasteiger partial charge in [-0.15, -0.1) is 0 Å². The van der Waals surface area contributed by atoms with E-state index in [1.54, 1.807) is 0 Å². The zero-order chi connectivity index (χ0) is 6.69. The maximum Gasteiger partial charge on any atom is 0.0164 e. The second-order valence-corrected chi connectivity index (χ2v) is 2.91. The second-order valence-electron chi connectivity index (χ2n) is 2.91. The van der Waals surface area contributed by atoms with Crippen LogP contribution in [-0.2, 0) is 0 Å². The average molecular weight is 125 g/mol. The molecule has 0 aromatic rings. The second kappa shape index (κ2) is 3.02. The molecule has 0 bridgehead atoms. The summed E-state index contributed by atoms with van der Waals surface area (Å²) in [5.41, 5.74) is 1.49. The maximum atomic E-state index is 3.43. The normalized spacial score (nSPS) is 29.1. The molecule has 0 aliphatic carbocycles. The minimum absolute atomic E-state index is 0.707. The largest absolute Gasteiger partial charge is 0.311 e. The lowest BCUT2D eigenvalue weighted by Gasteiger charge is -2.07. The van der Waals surface area contributed by atoms with Crippen molar-refractivity contribution in [2.75, 3.05) is 6.54 Å². The first-order chi connectivity index (χ1) is 4.29. The molecule has 1 atom stereocenters. The van der Waals surface area contributed by atoms with Gasteiger partial charge in [0.25, 0.3) is 0 Å². The molecule has 0 saturated heterocycles. The molecule has 0 fully saturated rings. The van der Waals surface area contributed by atoms with Crippen molar-refractivity contribution in [3.05, 3.63) is 11.6 Å². The van der Waals surface area contributed by atoms with E-state index in [-0.39, 0.29) is 0 Å². The lowest BCUT2D eigenvalue weighted by atomic mass is 10.2. The van der Waals surface area contributed by atoms with E-state index in [4.69, 9.17) is 0 Å². The van der Waals surface area contributed by atoms with E-state index in [0.717, 1.165) is 6.54 Å². The van der Waals surface area contributed by atoms with E-state index in [1.807, 2.05) is 0 Å². The minimum Gasteiger partial charge on any atom is -0.311 e. The van der Waals surface area contributed by atoms with Crippen LogP contribution < -0.4 is 5.32 Å². The third-order valence-electron chi connectivity index (χ3n) is 1.82. The molecule has 1 heteroatoms. The van der Waals surface area contributed by atoms with E-state index in [0.29, 0.717) is 6.04 Å². The van der Waals surface area contributed by atoms with Crippen LogP contribution in [0.25, 0.3) is 0 Å². The fourth-order valence-electron chi connectivity index (χ4n) is 1.09. The Kier molecular flexibility index (Phi) is 2.29. The Morgan fingerprint density at radius 1 is 1.67 bits per heavy atom. The Morgan fingerprint density at radius 2 is 2.44 bits per heavy atom. The van der Waals surface area contributed by atoms with Gasteiger partial charge in [-0.25, -0.2) is 0 Å². The van der Waals surface area contributed by atoms with E-state index in [9.17, 15) is 0 Å². The monoisotopic (exact) mass is 125 g/mol. The first kappa shape index (κ1) is 6.81. The molecule has 0 aromatic carbocycles. The molecule has 1 heterocycles. The van der Waals surface area contributed by atoms with Crippen molar-refractivity contribution in [2.45, 2.75) is 32.7 Å². The van der Waals surface area contributed by atoms with Crippen molar-refractivity contribution in [3.8, 4) is 0 Å². The topological polar surface area (TPSA) is 12.0 Å². The van der Waals surface area contributed by atoms with Crippen molar-refractivity contribution in [3.63, 3.8) is 0 Å². The van der Waals surface area contributed by atoms with E-state index < -0.39 is 0 Å². The molecule has 1 nitrogen and oxygen atoms in total. The molecule has 1 rings (SSSR count). The van der Waals surface area contributed by atoms with Crippen LogP contribution in [-0.4, -0.2) is 12.6 Å². The lowest BCUT2D eigenvalue weighted by Crippen LogP contribution is -2.25. The third-order valence-corrected chi connectivity index (χ3v) is 1.82. The first-order valence-corrected chi connectivity index (χ1v) is 3.68. The highest BCUT2D eigenvalue weighted by Crippen LogP contribution is 2.05. The fourth-order valence-corrected chi connectivity index (χ4v) is 1.09. The molecule has 0 aromatic heterocycles. The van der Waals surface area contributed by atoms with Crippen LogP contribution in [0.2, 0.25) is 0 Å². The predicted octanol–water partition coefficient (Wildman–Crippen LogP) is 1.70. The van der Waals surface area contributed by atoms with Crippen LogP contribution in [0.15, 0.2) is 11.6 Å². The summed E-state index contributed by atoms with van der Waals surface area (Å²) in [4.78, 5) is 0. The van der Waals surface area contributed by atoms with Crippen LogP contribution in [0.5, 0.6) is 0 Å². The van der Waals surface area contributed by atoms with Crippen molar-refractivity contribution >= 4 is 0 Å². The molecule has 0 radical (unpaired) electrons. The van der Waals surface area contributed by atoms with Crippen molar-refractivity contribution in [2.24, 2.45) is 0 Å². The summed E-state index contributed by atoms with van der Waals surface area (Å²) >= 11 is 0. The van der Waals surface area contributed by atoms with Gasteiger partial charge in [0.05, 0.1) is 0 Å². The lowest BCUT2D eigenvalue weighted by molar-refractivity contribution is 0.556. The smallest absolute Gasteiger partial charge is 0.0164 e. The van der Waals surface area contributed by atoms with Gasteiger partial charge in [0, 0.05) is 12.6 Å². The minimum atomic E-state index is 0.707. The van der Waals surface area contributed by atoms with Crippen molar-refractivity contribution in [1.82, 2.24) is 5.32 Å². The zero-order valence-electron chi connectivity index (χ0n) is 6.28. The Hall–Kier alpha value is -0.300. The number of allylic oxidation sites excluding steroid dienone is 1. The number of rotatable bonds is 0. The first-order valence-electron chi connectivity index (χ1n) is 3.68. The van der Waals surface area contributed by atoms with Crippen LogP contribution in [0.4, 0.5) is 0 Å². The summed E-state index contributed by atoms with van der Waals surface area (Å²) in [7, 11) is 0. The van der Waals surface area contributed by atoms with Gasteiger partial charge < -0.3 is 5.32 Å². The molecular formula is C8H15N. The van der Waals surface area contributed by atoms with Gasteiger partial charge in [0.15, 0.2) is 0 Å². The number of nitrogens with one attached hydrogen (secondary N) is 1. The Balaban J connectivity index is 2.39.